The van der Waals surface area contributed by atoms with Gasteiger partial charge in [0.1, 0.15) is 11.6 Å². The number of carbonyl (C=O) groups excluding carboxylic acids is 1. The molecular weight excluding hydrogens is 308 g/mol. The van der Waals surface area contributed by atoms with Crippen molar-refractivity contribution in [3.05, 3.63) is 35.9 Å². The van der Waals surface area contributed by atoms with Gasteiger partial charge in [0.25, 0.3) is 0 Å². The number of aliphatic carboxylic acids is 1. The quantitative estimate of drug-likeness (QED) is 0.885. The van der Waals surface area contributed by atoms with E-state index in [0.29, 0.717) is 25.9 Å². The second kappa shape index (κ2) is 7.66. The highest BCUT2D eigenvalue weighted by Crippen LogP contribution is 2.25. The van der Waals surface area contributed by atoms with Crippen LogP contribution in [0.1, 0.15) is 45.2 Å². The Morgan fingerprint density at radius 2 is 1.79 bits per heavy atom. The van der Waals surface area contributed by atoms with Crippen molar-refractivity contribution in [2.75, 3.05) is 13.1 Å². The number of hydrogen-bond donors (Lipinski definition) is 2. The highest BCUT2D eigenvalue weighted by molar-refractivity contribution is 5.75. The zero-order valence-electron chi connectivity index (χ0n) is 14.5. The molecule has 2 N–H and O–H groups in total. The Hall–Kier alpha value is -2.08. The zero-order valence-corrected chi connectivity index (χ0v) is 14.5. The van der Waals surface area contributed by atoms with E-state index in [9.17, 15) is 14.7 Å². The van der Waals surface area contributed by atoms with Gasteiger partial charge in [-0.05, 0) is 39.2 Å². The maximum atomic E-state index is 11.8. The Kier molecular flexibility index (Phi) is 5.83. The molecule has 0 bridgehead atoms. The van der Waals surface area contributed by atoms with E-state index in [1.807, 2.05) is 56.0 Å². The Morgan fingerprint density at radius 3 is 2.29 bits per heavy atom. The van der Waals surface area contributed by atoms with Gasteiger partial charge in [0, 0.05) is 19.1 Å². The van der Waals surface area contributed by atoms with Crippen LogP contribution in [0.5, 0.6) is 0 Å². The van der Waals surface area contributed by atoms with Gasteiger partial charge < -0.3 is 15.2 Å². The first kappa shape index (κ1) is 18.3. The van der Waals surface area contributed by atoms with Gasteiger partial charge in [-0.2, -0.15) is 0 Å². The summed E-state index contributed by atoms with van der Waals surface area (Å²) in [6.07, 6.45) is 0.991. The van der Waals surface area contributed by atoms with Gasteiger partial charge in [0.2, 0.25) is 0 Å². The fourth-order valence-corrected chi connectivity index (χ4v) is 2.92. The van der Waals surface area contributed by atoms with Gasteiger partial charge in [-0.15, -0.1) is 0 Å². The molecule has 6 nitrogen and oxygen atoms in total. The number of carboxylic acid groups (broad SMARTS) is 1. The molecule has 1 aromatic rings. The molecule has 0 saturated carbocycles. The predicted molar refractivity (Wildman–Crippen MR) is 90.8 cm³/mol. The van der Waals surface area contributed by atoms with Gasteiger partial charge in [-0.3, -0.25) is 9.69 Å². The van der Waals surface area contributed by atoms with Crippen LogP contribution in [0.15, 0.2) is 30.3 Å². The number of ether oxygens (including phenoxy) is 1. The number of piperidine rings is 1. The molecule has 1 aromatic carbocycles. The van der Waals surface area contributed by atoms with E-state index in [2.05, 4.69) is 5.32 Å². The Balaban J connectivity index is 1.91. The SMILES string of the molecule is CC(C)(C)OC(=O)NC1CCN([C@H](C(=O)O)c2ccccc2)CC1. The van der Waals surface area contributed by atoms with E-state index >= 15 is 0 Å². The summed E-state index contributed by atoms with van der Waals surface area (Å²) in [4.78, 5) is 25.5. The molecule has 1 atom stereocenters. The number of nitrogens with one attached hydrogen (secondary N) is 1. The number of alkyl carbamates (subject to hydrolysis) is 1. The lowest BCUT2D eigenvalue weighted by molar-refractivity contribution is -0.144. The van der Waals surface area contributed by atoms with E-state index in [4.69, 9.17) is 4.74 Å². The van der Waals surface area contributed by atoms with Crippen molar-refractivity contribution in [2.24, 2.45) is 0 Å². The fraction of sp³-hybridized carbons (Fsp3) is 0.556. The standard InChI is InChI=1S/C18H26N2O4/c1-18(2,3)24-17(23)19-14-9-11-20(12-10-14)15(16(21)22)13-7-5-4-6-8-13/h4-8,14-15H,9-12H2,1-3H3,(H,19,23)(H,21,22)/t15-/m0/s1. The lowest BCUT2D eigenvalue weighted by Gasteiger charge is -2.36. The summed E-state index contributed by atoms with van der Waals surface area (Å²) in [6, 6.07) is 8.62. The first-order chi connectivity index (χ1) is 11.3. The average Bonchev–Trinajstić information content (AvgIpc) is 2.48. The van der Waals surface area contributed by atoms with Crippen LogP contribution < -0.4 is 5.32 Å². The third kappa shape index (κ3) is 5.23. The number of likely N-dealkylation sites (tertiary alicyclic amines) is 1. The molecule has 1 saturated heterocycles. The smallest absolute Gasteiger partial charge is 0.407 e. The second-order valence-corrected chi connectivity index (χ2v) is 7.11. The molecule has 132 valence electrons. The molecule has 24 heavy (non-hydrogen) atoms. The van der Waals surface area contributed by atoms with Crippen molar-refractivity contribution in [1.82, 2.24) is 10.2 Å². The van der Waals surface area contributed by atoms with Crippen LogP contribution in [0.2, 0.25) is 0 Å². The van der Waals surface area contributed by atoms with Crippen LogP contribution in [0.25, 0.3) is 0 Å². The minimum absolute atomic E-state index is 0.0151. The molecule has 0 spiro atoms. The van der Waals surface area contributed by atoms with Crippen LogP contribution >= 0.6 is 0 Å². The van der Waals surface area contributed by atoms with Crippen LogP contribution in [-0.4, -0.2) is 46.8 Å². The highest BCUT2D eigenvalue weighted by Gasteiger charge is 2.31. The summed E-state index contributed by atoms with van der Waals surface area (Å²) in [6.45, 7) is 6.71. The van der Waals surface area contributed by atoms with Gasteiger partial charge in [0.15, 0.2) is 0 Å². The lowest BCUT2D eigenvalue weighted by Crippen LogP contribution is -2.48. The summed E-state index contributed by atoms with van der Waals surface area (Å²) >= 11 is 0. The molecule has 1 aliphatic rings. The monoisotopic (exact) mass is 334 g/mol. The number of carbonyl (C=O) groups is 2. The summed E-state index contributed by atoms with van der Waals surface area (Å²) in [5, 5.41) is 12.5. The molecule has 0 aliphatic carbocycles. The van der Waals surface area contributed by atoms with E-state index < -0.39 is 23.7 Å². The summed E-state index contributed by atoms with van der Waals surface area (Å²) < 4.78 is 5.26. The molecule has 0 aromatic heterocycles. The normalized spacial score (nSPS) is 18.0. The van der Waals surface area contributed by atoms with Gasteiger partial charge in [-0.1, -0.05) is 30.3 Å². The topological polar surface area (TPSA) is 78.9 Å². The molecule has 1 heterocycles. The molecule has 2 rings (SSSR count). The molecule has 0 radical (unpaired) electrons. The second-order valence-electron chi connectivity index (χ2n) is 7.11. The van der Waals surface area contributed by atoms with Crippen molar-refractivity contribution in [2.45, 2.75) is 51.3 Å². The minimum Gasteiger partial charge on any atom is -0.480 e. The predicted octanol–water partition coefficient (Wildman–Crippen LogP) is 2.80. The maximum absolute atomic E-state index is 11.8. The summed E-state index contributed by atoms with van der Waals surface area (Å²) in [5.74, 6) is -0.847. The van der Waals surface area contributed by atoms with Crippen molar-refractivity contribution in [3.63, 3.8) is 0 Å². The van der Waals surface area contributed by atoms with Crippen LogP contribution in [-0.2, 0) is 9.53 Å². The van der Waals surface area contributed by atoms with E-state index in [-0.39, 0.29) is 6.04 Å². The summed E-state index contributed by atoms with van der Waals surface area (Å²) in [7, 11) is 0. The number of nitrogens with zero attached hydrogens (tertiary/aromatic N) is 1. The molecule has 0 unspecified atom stereocenters. The number of hydrogen-bond acceptors (Lipinski definition) is 4. The molecule has 1 fully saturated rings. The number of carboxylic acids is 1. The van der Waals surface area contributed by atoms with E-state index in [0.717, 1.165) is 5.56 Å². The number of benzene rings is 1. The molecular formula is C18H26N2O4. The highest BCUT2D eigenvalue weighted by atomic mass is 16.6. The third-order valence-electron chi connectivity index (χ3n) is 3.96. The van der Waals surface area contributed by atoms with E-state index in [1.165, 1.54) is 0 Å². The third-order valence-corrected chi connectivity index (χ3v) is 3.96. The lowest BCUT2D eigenvalue weighted by atomic mass is 9.99. The maximum Gasteiger partial charge on any atom is 0.407 e. The average molecular weight is 334 g/mol. The zero-order chi connectivity index (χ0) is 17.7. The molecule has 6 heteroatoms. The minimum atomic E-state index is -0.847. The first-order valence-corrected chi connectivity index (χ1v) is 8.27. The number of rotatable bonds is 4. The Bertz CT molecular complexity index is 560. The van der Waals surface area contributed by atoms with E-state index in [1.54, 1.807) is 0 Å². The van der Waals surface area contributed by atoms with Crippen LogP contribution in [0, 0.1) is 0 Å². The Morgan fingerprint density at radius 1 is 1.21 bits per heavy atom. The van der Waals surface area contributed by atoms with Crippen molar-refractivity contribution in [1.29, 1.82) is 0 Å². The van der Waals surface area contributed by atoms with Crippen molar-refractivity contribution in [3.8, 4) is 0 Å². The van der Waals surface area contributed by atoms with Crippen molar-refractivity contribution < 1.29 is 19.4 Å². The van der Waals surface area contributed by atoms with Crippen molar-refractivity contribution >= 4 is 12.1 Å². The first-order valence-electron chi connectivity index (χ1n) is 8.27. The van der Waals surface area contributed by atoms with Gasteiger partial charge in [-0.25, -0.2) is 4.79 Å². The van der Waals surface area contributed by atoms with Gasteiger partial charge >= 0.3 is 12.1 Å². The Labute approximate surface area is 142 Å². The molecule has 1 amide bonds. The largest absolute Gasteiger partial charge is 0.480 e. The van der Waals surface area contributed by atoms with Crippen LogP contribution in [0.4, 0.5) is 4.79 Å². The molecule has 1 aliphatic heterocycles. The summed E-state index contributed by atoms with van der Waals surface area (Å²) in [5.41, 5.74) is 0.260. The number of amides is 1. The van der Waals surface area contributed by atoms with Crippen LogP contribution in [0.3, 0.4) is 0 Å². The fourth-order valence-electron chi connectivity index (χ4n) is 2.92. The van der Waals surface area contributed by atoms with Gasteiger partial charge in [0.05, 0.1) is 0 Å².